The van der Waals surface area contributed by atoms with E-state index in [0.29, 0.717) is 17.8 Å². The van der Waals surface area contributed by atoms with Crippen LogP contribution in [-0.4, -0.2) is 53.3 Å². The van der Waals surface area contributed by atoms with Crippen LogP contribution in [0.4, 0.5) is 11.9 Å². The highest BCUT2D eigenvalue weighted by molar-refractivity contribution is 6.28. The minimum Gasteiger partial charge on any atom is -0.393 e. The van der Waals surface area contributed by atoms with Gasteiger partial charge in [0.1, 0.15) is 0 Å². The Morgan fingerprint density at radius 3 is 2.42 bits per heavy atom. The number of halogens is 1. The molecular weight excluding hydrogens is 266 g/mol. The lowest BCUT2D eigenvalue weighted by Gasteiger charge is -2.33. The minimum absolute atomic E-state index is 0.214. The summed E-state index contributed by atoms with van der Waals surface area (Å²) < 4.78 is 0. The lowest BCUT2D eigenvalue weighted by Crippen LogP contribution is -2.38. The van der Waals surface area contributed by atoms with Gasteiger partial charge in [-0.15, -0.1) is 0 Å². The van der Waals surface area contributed by atoms with E-state index in [1.807, 2.05) is 21.0 Å². The van der Waals surface area contributed by atoms with Crippen molar-refractivity contribution in [3.63, 3.8) is 0 Å². The summed E-state index contributed by atoms with van der Waals surface area (Å²) >= 11 is 5.94. The van der Waals surface area contributed by atoms with E-state index < -0.39 is 0 Å². The lowest BCUT2D eigenvalue weighted by atomic mass is 9.92. The number of aliphatic hydroxyl groups excluding tert-OH is 1. The maximum absolute atomic E-state index is 9.61. The third-order valence-corrected chi connectivity index (χ3v) is 3.66. The molecule has 1 atom stereocenters. The van der Waals surface area contributed by atoms with Gasteiger partial charge in [-0.3, -0.25) is 0 Å². The predicted octanol–water partition coefficient (Wildman–Crippen LogP) is 1.19. The third-order valence-electron chi connectivity index (χ3n) is 3.49. The molecule has 0 aromatic carbocycles. The van der Waals surface area contributed by atoms with Gasteiger partial charge in [-0.1, -0.05) is 0 Å². The lowest BCUT2D eigenvalue weighted by molar-refractivity contribution is 0.109. The summed E-state index contributed by atoms with van der Waals surface area (Å²) in [4.78, 5) is 16.6. The zero-order chi connectivity index (χ0) is 14.0. The minimum atomic E-state index is -0.249. The van der Waals surface area contributed by atoms with Crippen LogP contribution in [0.15, 0.2) is 0 Å². The second-order valence-corrected chi connectivity index (χ2v) is 5.50. The Morgan fingerprint density at radius 2 is 1.89 bits per heavy atom. The molecule has 1 unspecified atom stereocenters. The molecule has 2 rings (SSSR count). The largest absolute Gasteiger partial charge is 0.393 e. The number of aromatic nitrogens is 3. The Balaban J connectivity index is 2.11. The molecule has 1 fully saturated rings. The average Bonchev–Trinajstić information content (AvgIpc) is 2.38. The highest BCUT2D eigenvalue weighted by Crippen LogP contribution is 2.24. The van der Waals surface area contributed by atoms with Gasteiger partial charge in [-0.25, -0.2) is 0 Å². The Morgan fingerprint density at radius 1 is 1.26 bits per heavy atom. The second-order valence-electron chi connectivity index (χ2n) is 5.16. The first-order chi connectivity index (χ1) is 8.97. The number of rotatable bonds is 3. The molecule has 0 bridgehead atoms. The van der Waals surface area contributed by atoms with Crippen LogP contribution < -0.4 is 9.80 Å². The van der Waals surface area contributed by atoms with Gasteiger partial charge >= 0.3 is 0 Å². The van der Waals surface area contributed by atoms with Gasteiger partial charge in [0.2, 0.25) is 17.2 Å². The van der Waals surface area contributed by atoms with Crippen LogP contribution in [-0.2, 0) is 0 Å². The fraction of sp³-hybridized carbons (Fsp3) is 0.750. The molecule has 1 aliphatic heterocycles. The highest BCUT2D eigenvalue weighted by Gasteiger charge is 2.24. The molecule has 6 nitrogen and oxygen atoms in total. The van der Waals surface area contributed by atoms with Crippen LogP contribution in [0, 0.1) is 5.92 Å². The fourth-order valence-electron chi connectivity index (χ4n) is 2.25. The molecule has 1 saturated heterocycles. The van der Waals surface area contributed by atoms with Crippen LogP contribution in [0.5, 0.6) is 0 Å². The molecule has 2 heterocycles. The second kappa shape index (κ2) is 5.88. The van der Waals surface area contributed by atoms with Crippen LogP contribution in [0.3, 0.4) is 0 Å². The Hall–Kier alpha value is -1.14. The normalized spacial score (nSPS) is 18.5. The molecule has 19 heavy (non-hydrogen) atoms. The van der Waals surface area contributed by atoms with E-state index in [9.17, 15) is 5.11 Å². The molecule has 1 aliphatic rings. The SMILES string of the molecule is CC(O)C1CCN(c2nc(Cl)nc(N(C)C)n2)CC1. The number of aliphatic hydroxyl groups is 1. The monoisotopic (exact) mass is 285 g/mol. The summed E-state index contributed by atoms with van der Waals surface area (Å²) in [5.74, 6) is 1.54. The van der Waals surface area contributed by atoms with E-state index in [-0.39, 0.29) is 11.4 Å². The van der Waals surface area contributed by atoms with Gasteiger partial charge < -0.3 is 14.9 Å². The Kier molecular flexibility index (Phi) is 4.42. The molecule has 1 N–H and O–H groups in total. The number of anilines is 2. The van der Waals surface area contributed by atoms with Crippen molar-refractivity contribution < 1.29 is 5.11 Å². The molecule has 0 aliphatic carbocycles. The molecule has 0 saturated carbocycles. The van der Waals surface area contributed by atoms with Crippen LogP contribution in [0.1, 0.15) is 19.8 Å². The number of nitrogens with zero attached hydrogens (tertiary/aromatic N) is 5. The zero-order valence-corrected chi connectivity index (χ0v) is 12.3. The molecular formula is C12H20ClN5O. The van der Waals surface area contributed by atoms with Crippen molar-refractivity contribution >= 4 is 23.5 Å². The fourth-order valence-corrected chi connectivity index (χ4v) is 2.40. The Labute approximate surface area is 118 Å². The van der Waals surface area contributed by atoms with Gasteiger partial charge in [0.05, 0.1) is 6.10 Å². The van der Waals surface area contributed by atoms with Crippen molar-refractivity contribution in [2.24, 2.45) is 5.92 Å². The van der Waals surface area contributed by atoms with Gasteiger partial charge in [-0.05, 0) is 37.3 Å². The summed E-state index contributed by atoms with van der Waals surface area (Å²) in [6, 6.07) is 0. The van der Waals surface area contributed by atoms with E-state index in [1.54, 1.807) is 4.90 Å². The molecule has 0 spiro atoms. The zero-order valence-electron chi connectivity index (χ0n) is 11.5. The summed E-state index contributed by atoms with van der Waals surface area (Å²) in [5, 5.41) is 9.82. The van der Waals surface area contributed by atoms with Crippen molar-refractivity contribution in [2.45, 2.75) is 25.9 Å². The summed E-state index contributed by atoms with van der Waals surface area (Å²) in [7, 11) is 3.74. The third kappa shape index (κ3) is 3.45. The van der Waals surface area contributed by atoms with E-state index in [1.165, 1.54) is 0 Å². The van der Waals surface area contributed by atoms with Crippen molar-refractivity contribution in [3.8, 4) is 0 Å². The van der Waals surface area contributed by atoms with Crippen molar-refractivity contribution in [1.82, 2.24) is 15.0 Å². The standard InChI is InChI=1S/C12H20ClN5O/c1-8(19)9-4-6-18(7-5-9)12-15-10(13)14-11(16-12)17(2)3/h8-9,19H,4-7H2,1-3H3. The van der Waals surface area contributed by atoms with Crippen molar-refractivity contribution in [2.75, 3.05) is 37.0 Å². The van der Waals surface area contributed by atoms with Gasteiger partial charge in [-0.2, -0.15) is 15.0 Å². The summed E-state index contributed by atoms with van der Waals surface area (Å²) in [6.07, 6.45) is 1.64. The Bertz CT molecular complexity index is 432. The van der Waals surface area contributed by atoms with Crippen LogP contribution in [0.25, 0.3) is 0 Å². The first kappa shape index (κ1) is 14.3. The van der Waals surface area contributed by atoms with Crippen molar-refractivity contribution in [3.05, 3.63) is 5.28 Å². The smallest absolute Gasteiger partial charge is 0.231 e. The first-order valence-electron chi connectivity index (χ1n) is 6.49. The average molecular weight is 286 g/mol. The topological polar surface area (TPSA) is 65.4 Å². The maximum Gasteiger partial charge on any atom is 0.231 e. The van der Waals surface area contributed by atoms with Gasteiger partial charge in [0.15, 0.2) is 0 Å². The summed E-state index contributed by atoms with van der Waals surface area (Å²) in [6.45, 7) is 3.52. The van der Waals surface area contributed by atoms with Gasteiger partial charge in [0.25, 0.3) is 0 Å². The maximum atomic E-state index is 9.61. The molecule has 0 amide bonds. The van der Waals surface area contributed by atoms with E-state index in [4.69, 9.17) is 11.6 Å². The summed E-state index contributed by atoms with van der Waals surface area (Å²) in [5.41, 5.74) is 0. The number of piperidine rings is 1. The van der Waals surface area contributed by atoms with E-state index in [0.717, 1.165) is 25.9 Å². The first-order valence-corrected chi connectivity index (χ1v) is 6.87. The van der Waals surface area contributed by atoms with Crippen LogP contribution >= 0.6 is 11.6 Å². The van der Waals surface area contributed by atoms with Gasteiger partial charge in [0, 0.05) is 27.2 Å². The van der Waals surface area contributed by atoms with E-state index in [2.05, 4.69) is 19.9 Å². The number of hydrogen-bond donors (Lipinski definition) is 1. The molecule has 7 heteroatoms. The van der Waals surface area contributed by atoms with Crippen LogP contribution in [0.2, 0.25) is 5.28 Å². The quantitative estimate of drug-likeness (QED) is 0.900. The highest BCUT2D eigenvalue weighted by atomic mass is 35.5. The predicted molar refractivity (Wildman–Crippen MR) is 75.8 cm³/mol. The van der Waals surface area contributed by atoms with E-state index >= 15 is 0 Å². The molecule has 1 aromatic heterocycles. The molecule has 106 valence electrons. The molecule has 1 aromatic rings. The number of hydrogen-bond acceptors (Lipinski definition) is 6. The molecule has 0 radical (unpaired) electrons. The van der Waals surface area contributed by atoms with Crippen molar-refractivity contribution in [1.29, 1.82) is 0 Å².